The van der Waals surface area contributed by atoms with Gasteiger partial charge in [0.05, 0.1) is 11.6 Å². The van der Waals surface area contributed by atoms with Crippen molar-refractivity contribution in [2.75, 3.05) is 4.90 Å². The van der Waals surface area contributed by atoms with Crippen LogP contribution in [0.3, 0.4) is 0 Å². The van der Waals surface area contributed by atoms with Crippen molar-refractivity contribution in [2.24, 2.45) is 0 Å². The van der Waals surface area contributed by atoms with E-state index in [9.17, 15) is 14.7 Å². The van der Waals surface area contributed by atoms with Gasteiger partial charge in [-0.3, -0.25) is 14.5 Å². The molecule has 2 aliphatic rings. The Balaban J connectivity index is 1.66. The quantitative estimate of drug-likeness (QED) is 0.328. The molecule has 168 valence electrons. The molecule has 2 aromatic carbocycles. The van der Waals surface area contributed by atoms with E-state index in [1.165, 1.54) is 16.2 Å². The number of aliphatic hydroxyl groups excluding tert-OH is 1. The highest BCUT2D eigenvalue weighted by Crippen LogP contribution is 2.43. The number of thiazole rings is 1. The van der Waals surface area contributed by atoms with E-state index in [-0.39, 0.29) is 17.4 Å². The number of anilines is 1. The minimum Gasteiger partial charge on any atom is -0.507 e. The Bertz CT molecular complexity index is 1260. The third kappa shape index (κ3) is 3.62. The van der Waals surface area contributed by atoms with E-state index in [0.29, 0.717) is 16.6 Å². The molecule has 5 rings (SSSR count). The first-order valence-electron chi connectivity index (χ1n) is 11.0. The number of carbonyl (C=O) groups is 2. The summed E-state index contributed by atoms with van der Waals surface area (Å²) in [5.41, 5.74) is 3.43. The van der Waals surface area contributed by atoms with Gasteiger partial charge in [0.1, 0.15) is 17.6 Å². The third-order valence-electron chi connectivity index (χ3n) is 6.16. The van der Waals surface area contributed by atoms with Gasteiger partial charge < -0.3 is 9.84 Å². The number of amides is 1. The van der Waals surface area contributed by atoms with Crippen LogP contribution in [0.1, 0.15) is 55.0 Å². The van der Waals surface area contributed by atoms with Gasteiger partial charge in [-0.25, -0.2) is 4.98 Å². The van der Waals surface area contributed by atoms with Crippen LogP contribution in [-0.4, -0.2) is 27.9 Å². The molecule has 0 radical (unpaired) electrons. The van der Waals surface area contributed by atoms with Crippen LogP contribution in [0.25, 0.3) is 5.76 Å². The molecule has 33 heavy (non-hydrogen) atoms. The number of nitrogens with zero attached hydrogens (tertiary/aromatic N) is 2. The van der Waals surface area contributed by atoms with E-state index in [1.807, 2.05) is 37.3 Å². The molecular formula is C26H24N2O4S. The Hall–Kier alpha value is -3.45. The van der Waals surface area contributed by atoms with Crippen LogP contribution in [0.2, 0.25) is 0 Å². The molecule has 1 N–H and O–H groups in total. The molecule has 3 heterocycles. The van der Waals surface area contributed by atoms with Crippen LogP contribution in [0, 0.1) is 0 Å². The molecule has 3 aromatic rings. The van der Waals surface area contributed by atoms with Gasteiger partial charge in [-0.1, -0.05) is 38.1 Å². The van der Waals surface area contributed by atoms with Crippen molar-refractivity contribution in [2.45, 2.75) is 45.3 Å². The Morgan fingerprint density at radius 2 is 1.94 bits per heavy atom. The predicted molar refractivity (Wildman–Crippen MR) is 128 cm³/mol. The molecule has 0 bridgehead atoms. The van der Waals surface area contributed by atoms with Crippen molar-refractivity contribution in [3.63, 3.8) is 0 Å². The Morgan fingerprint density at radius 1 is 1.18 bits per heavy atom. The fourth-order valence-electron chi connectivity index (χ4n) is 4.47. The maximum Gasteiger partial charge on any atom is 0.301 e. The SMILES string of the molecule is CC(C)c1ccc([C@@H]2C(=C(O)c3ccc4c(c3)C[C@@H](C)O4)C(=O)C(=O)N2c2nccs2)cc1. The summed E-state index contributed by atoms with van der Waals surface area (Å²) in [6, 6.07) is 12.4. The van der Waals surface area contributed by atoms with Crippen LogP contribution >= 0.6 is 11.3 Å². The van der Waals surface area contributed by atoms with Gasteiger partial charge in [-0.15, -0.1) is 11.3 Å². The highest BCUT2D eigenvalue weighted by molar-refractivity contribution is 7.14. The predicted octanol–water partition coefficient (Wildman–Crippen LogP) is 5.22. The van der Waals surface area contributed by atoms with Crippen molar-refractivity contribution in [3.05, 3.63) is 81.9 Å². The monoisotopic (exact) mass is 460 g/mol. The first-order chi connectivity index (χ1) is 15.8. The van der Waals surface area contributed by atoms with Gasteiger partial charge >= 0.3 is 5.91 Å². The number of carbonyl (C=O) groups excluding carboxylic acids is 2. The van der Waals surface area contributed by atoms with E-state index in [0.717, 1.165) is 28.9 Å². The average Bonchev–Trinajstić information content (AvgIpc) is 3.51. The topological polar surface area (TPSA) is 79.7 Å². The number of aromatic nitrogens is 1. The van der Waals surface area contributed by atoms with E-state index >= 15 is 0 Å². The second-order valence-corrected chi connectivity index (χ2v) is 9.63. The lowest BCUT2D eigenvalue weighted by atomic mass is 9.93. The molecule has 0 aliphatic carbocycles. The molecular weight excluding hydrogens is 436 g/mol. The standard InChI is InChI=1S/C26H24N2O4S/c1-14(2)16-4-6-17(7-5-16)22-21(24(30)25(31)28(22)26-27-10-11-33-26)23(29)18-8-9-20-19(13-18)12-15(3)32-20/h4-11,13-15,22,29H,12H2,1-3H3/t15-,22-/m1/s1. The third-order valence-corrected chi connectivity index (χ3v) is 6.93. The second kappa shape index (κ2) is 8.15. The summed E-state index contributed by atoms with van der Waals surface area (Å²) in [5, 5.41) is 13.5. The highest BCUT2D eigenvalue weighted by Gasteiger charge is 2.48. The maximum atomic E-state index is 13.2. The van der Waals surface area contributed by atoms with Gasteiger partial charge in [-0.05, 0) is 47.7 Å². The Labute approximate surface area is 196 Å². The van der Waals surface area contributed by atoms with Crippen molar-refractivity contribution in [1.82, 2.24) is 4.98 Å². The fraction of sp³-hybridized carbons (Fsp3) is 0.269. The highest BCUT2D eigenvalue weighted by atomic mass is 32.1. The zero-order valence-corrected chi connectivity index (χ0v) is 19.4. The zero-order valence-electron chi connectivity index (χ0n) is 18.6. The minimum absolute atomic E-state index is 0.0624. The largest absolute Gasteiger partial charge is 0.507 e. The van der Waals surface area contributed by atoms with E-state index < -0.39 is 17.7 Å². The average molecular weight is 461 g/mol. The minimum atomic E-state index is -0.763. The number of benzene rings is 2. The van der Waals surface area contributed by atoms with E-state index in [2.05, 4.69) is 18.8 Å². The number of aliphatic hydroxyl groups is 1. The molecule has 1 amide bonds. The molecule has 2 aliphatic heterocycles. The Kier molecular flexibility index (Phi) is 5.29. The number of rotatable bonds is 4. The summed E-state index contributed by atoms with van der Waals surface area (Å²) in [6.45, 7) is 6.20. The summed E-state index contributed by atoms with van der Waals surface area (Å²) in [7, 11) is 0. The summed E-state index contributed by atoms with van der Waals surface area (Å²) in [6.07, 6.45) is 2.39. The summed E-state index contributed by atoms with van der Waals surface area (Å²) < 4.78 is 5.76. The van der Waals surface area contributed by atoms with Crippen molar-refractivity contribution in [1.29, 1.82) is 0 Å². The number of ether oxygens (including phenoxy) is 1. The zero-order chi connectivity index (χ0) is 23.3. The lowest BCUT2D eigenvalue weighted by molar-refractivity contribution is -0.132. The summed E-state index contributed by atoms with van der Waals surface area (Å²) in [5.74, 6) is -0.468. The summed E-state index contributed by atoms with van der Waals surface area (Å²) in [4.78, 5) is 32.0. The molecule has 7 heteroatoms. The molecule has 1 saturated heterocycles. The molecule has 6 nitrogen and oxygen atoms in total. The van der Waals surface area contributed by atoms with Crippen LogP contribution in [0.15, 0.2) is 59.6 Å². The van der Waals surface area contributed by atoms with Crippen LogP contribution in [-0.2, 0) is 16.0 Å². The van der Waals surface area contributed by atoms with Gasteiger partial charge in [-0.2, -0.15) is 0 Å². The second-order valence-electron chi connectivity index (χ2n) is 8.76. The number of hydrogen-bond donors (Lipinski definition) is 1. The van der Waals surface area contributed by atoms with Crippen molar-refractivity contribution >= 4 is 33.9 Å². The molecule has 0 spiro atoms. The normalized spacial score (nSPS) is 21.5. The van der Waals surface area contributed by atoms with Gasteiger partial charge in [0.15, 0.2) is 5.13 Å². The van der Waals surface area contributed by atoms with Gasteiger partial charge in [0.25, 0.3) is 5.78 Å². The number of ketones is 1. The van der Waals surface area contributed by atoms with E-state index in [1.54, 1.807) is 23.7 Å². The smallest absolute Gasteiger partial charge is 0.301 e. The molecule has 1 aromatic heterocycles. The lowest BCUT2D eigenvalue weighted by Gasteiger charge is -2.23. The van der Waals surface area contributed by atoms with Gasteiger partial charge in [0.2, 0.25) is 0 Å². The van der Waals surface area contributed by atoms with Gasteiger partial charge in [0, 0.05) is 23.6 Å². The maximum absolute atomic E-state index is 13.2. The lowest BCUT2D eigenvalue weighted by Crippen LogP contribution is -2.29. The fourth-order valence-corrected chi connectivity index (χ4v) is 5.14. The molecule has 2 atom stereocenters. The van der Waals surface area contributed by atoms with Crippen LogP contribution in [0.4, 0.5) is 5.13 Å². The van der Waals surface area contributed by atoms with Crippen molar-refractivity contribution < 1.29 is 19.4 Å². The molecule has 1 fully saturated rings. The Morgan fingerprint density at radius 3 is 2.61 bits per heavy atom. The van der Waals surface area contributed by atoms with Crippen LogP contribution in [0.5, 0.6) is 5.75 Å². The van der Waals surface area contributed by atoms with Crippen LogP contribution < -0.4 is 9.64 Å². The summed E-state index contributed by atoms with van der Waals surface area (Å²) >= 11 is 1.28. The number of fused-ring (bicyclic) bond motifs is 1. The molecule has 0 saturated carbocycles. The first-order valence-corrected chi connectivity index (χ1v) is 11.8. The molecule has 0 unspecified atom stereocenters. The first kappa shape index (κ1) is 21.4. The van der Waals surface area contributed by atoms with Crippen molar-refractivity contribution in [3.8, 4) is 5.75 Å². The van der Waals surface area contributed by atoms with E-state index in [4.69, 9.17) is 4.74 Å². The number of Topliss-reactive ketones (excluding diaryl/α,β-unsaturated/α-hetero) is 1. The number of hydrogen-bond acceptors (Lipinski definition) is 6.